The highest BCUT2D eigenvalue weighted by Gasteiger charge is 2.07. The second-order valence-electron chi connectivity index (χ2n) is 2.51. The lowest BCUT2D eigenvalue weighted by Crippen LogP contribution is -1.98. The van der Waals surface area contributed by atoms with Gasteiger partial charge in [-0.1, -0.05) is 25.2 Å². The highest BCUT2D eigenvalue weighted by molar-refractivity contribution is 6.68. The second kappa shape index (κ2) is 3.02. The average Bonchev–Trinajstić information content (AvgIpc) is 1.88. The number of hydrogen-bond acceptors (Lipinski definition) is 1. The maximum absolute atomic E-state index is 10.6. The van der Waals surface area contributed by atoms with E-state index < -0.39 is 0 Å². The molecule has 0 aromatic carbocycles. The minimum atomic E-state index is -0.358. The number of allylic oxidation sites excluding steroid dienone is 4. The molecule has 0 saturated heterocycles. The minimum Gasteiger partial charge on any atom is -0.276 e. The first kappa shape index (κ1) is 7.55. The zero-order valence-electron chi connectivity index (χ0n) is 5.80. The van der Waals surface area contributed by atoms with Crippen LogP contribution in [-0.2, 0) is 4.79 Å². The van der Waals surface area contributed by atoms with Crippen molar-refractivity contribution in [2.45, 2.75) is 13.3 Å². The van der Waals surface area contributed by atoms with Crippen molar-refractivity contribution >= 4 is 16.8 Å². The Kier molecular flexibility index (Phi) is 2.28. The highest BCUT2D eigenvalue weighted by atomic mass is 35.5. The molecule has 0 aromatic rings. The maximum Gasteiger partial charge on any atom is 0.252 e. The molecule has 0 heterocycles. The number of rotatable bonds is 1. The molecule has 1 atom stereocenters. The van der Waals surface area contributed by atoms with E-state index >= 15 is 0 Å². The van der Waals surface area contributed by atoms with Gasteiger partial charge in [-0.15, -0.1) is 0 Å². The van der Waals surface area contributed by atoms with Crippen LogP contribution in [0, 0.1) is 5.92 Å². The van der Waals surface area contributed by atoms with Gasteiger partial charge >= 0.3 is 0 Å². The van der Waals surface area contributed by atoms with E-state index in [0.29, 0.717) is 11.5 Å². The van der Waals surface area contributed by atoms with Crippen LogP contribution >= 0.6 is 11.6 Å². The quantitative estimate of drug-likeness (QED) is 0.533. The van der Waals surface area contributed by atoms with Crippen molar-refractivity contribution in [3.05, 3.63) is 23.8 Å². The van der Waals surface area contributed by atoms with Crippen LogP contribution in [0.25, 0.3) is 0 Å². The van der Waals surface area contributed by atoms with Crippen LogP contribution in [0.4, 0.5) is 0 Å². The van der Waals surface area contributed by atoms with Crippen LogP contribution < -0.4 is 0 Å². The first-order valence-electron chi connectivity index (χ1n) is 3.28. The molecule has 10 heavy (non-hydrogen) atoms. The molecule has 54 valence electrons. The average molecular weight is 157 g/mol. The normalized spacial score (nSPS) is 24.2. The Morgan fingerprint density at radius 2 is 2.50 bits per heavy atom. The van der Waals surface area contributed by atoms with Gasteiger partial charge in [0.05, 0.1) is 0 Å². The summed E-state index contributed by atoms with van der Waals surface area (Å²) in [5, 5.41) is -0.358. The Hall–Kier alpha value is -0.560. The van der Waals surface area contributed by atoms with E-state index in [9.17, 15) is 4.79 Å². The molecule has 0 amide bonds. The molecule has 0 aromatic heterocycles. The first-order valence-corrected chi connectivity index (χ1v) is 3.66. The van der Waals surface area contributed by atoms with Gasteiger partial charge in [0.2, 0.25) is 0 Å². The molecule has 1 aliphatic rings. The van der Waals surface area contributed by atoms with Crippen LogP contribution in [0.15, 0.2) is 23.8 Å². The molecule has 0 radical (unpaired) electrons. The highest BCUT2D eigenvalue weighted by Crippen LogP contribution is 2.16. The van der Waals surface area contributed by atoms with Gasteiger partial charge in [-0.3, -0.25) is 4.79 Å². The van der Waals surface area contributed by atoms with E-state index in [1.165, 1.54) is 0 Å². The summed E-state index contributed by atoms with van der Waals surface area (Å²) in [6.07, 6.45) is 6.57. The molecule has 1 rings (SSSR count). The Morgan fingerprint density at radius 3 is 2.90 bits per heavy atom. The summed E-state index contributed by atoms with van der Waals surface area (Å²) in [6.45, 7) is 2.10. The van der Waals surface area contributed by atoms with Gasteiger partial charge < -0.3 is 0 Å². The van der Waals surface area contributed by atoms with Gasteiger partial charge in [0, 0.05) is 5.57 Å². The molecule has 0 aliphatic heterocycles. The number of halogens is 1. The Bertz CT molecular complexity index is 203. The van der Waals surface area contributed by atoms with E-state index in [1.54, 1.807) is 6.08 Å². The van der Waals surface area contributed by atoms with Crippen molar-refractivity contribution in [3.63, 3.8) is 0 Å². The van der Waals surface area contributed by atoms with Gasteiger partial charge in [-0.05, 0) is 23.9 Å². The van der Waals surface area contributed by atoms with Crippen molar-refractivity contribution in [1.82, 2.24) is 0 Å². The topological polar surface area (TPSA) is 17.1 Å². The summed E-state index contributed by atoms with van der Waals surface area (Å²) in [5.41, 5.74) is 0.625. The third-order valence-corrected chi connectivity index (χ3v) is 1.76. The van der Waals surface area contributed by atoms with Gasteiger partial charge in [-0.2, -0.15) is 0 Å². The summed E-state index contributed by atoms with van der Waals surface area (Å²) >= 11 is 5.25. The summed E-state index contributed by atoms with van der Waals surface area (Å²) in [6, 6.07) is 0. The van der Waals surface area contributed by atoms with Crippen molar-refractivity contribution in [1.29, 1.82) is 0 Å². The van der Waals surface area contributed by atoms with E-state index in [1.807, 2.05) is 12.2 Å². The minimum absolute atomic E-state index is 0.358. The predicted molar refractivity (Wildman–Crippen MR) is 41.9 cm³/mol. The van der Waals surface area contributed by atoms with E-state index in [0.717, 1.165) is 6.42 Å². The molecule has 0 bridgehead atoms. The molecule has 0 N–H and O–H groups in total. The first-order chi connectivity index (χ1) is 4.70. The van der Waals surface area contributed by atoms with Gasteiger partial charge in [0.25, 0.3) is 5.24 Å². The lowest BCUT2D eigenvalue weighted by Gasteiger charge is -2.07. The molecule has 0 fully saturated rings. The molecular formula is C8H9ClO. The fourth-order valence-electron chi connectivity index (χ4n) is 0.873. The fraction of sp³-hybridized carbons (Fsp3) is 0.375. The van der Waals surface area contributed by atoms with Crippen LogP contribution in [0.3, 0.4) is 0 Å². The van der Waals surface area contributed by atoms with Crippen LogP contribution in [0.2, 0.25) is 0 Å². The summed E-state index contributed by atoms with van der Waals surface area (Å²) < 4.78 is 0. The van der Waals surface area contributed by atoms with E-state index in [-0.39, 0.29) is 5.24 Å². The number of hydrogen-bond donors (Lipinski definition) is 0. The van der Waals surface area contributed by atoms with Gasteiger partial charge in [0.15, 0.2) is 0 Å². The monoisotopic (exact) mass is 156 g/mol. The van der Waals surface area contributed by atoms with Crippen LogP contribution in [0.5, 0.6) is 0 Å². The van der Waals surface area contributed by atoms with Gasteiger partial charge in [0.1, 0.15) is 0 Å². The van der Waals surface area contributed by atoms with Crippen molar-refractivity contribution in [3.8, 4) is 0 Å². The molecule has 1 unspecified atom stereocenters. The molecule has 1 aliphatic carbocycles. The standard InChI is InChI=1S/C8H9ClO/c1-6-2-4-7(5-3-6)8(9)10/h2,4-6H,3H2,1H3. The van der Waals surface area contributed by atoms with E-state index in [2.05, 4.69) is 6.92 Å². The predicted octanol–water partition coefficient (Wildman–Crippen LogP) is 2.27. The summed E-state index contributed by atoms with van der Waals surface area (Å²) in [4.78, 5) is 10.6. The lowest BCUT2D eigenvalue weighted by molar-refractivity contribution is -0.108. The smallest absolute Gasteiger partial charge is 0.252 e. The summed E-state index contributed by atoms with van der Waals surface area (Å²) in [7, 11) is 0. The van der Waals surface area contributed by atoms with Crippen molar-refractivity contribution in [2.24, 2.45) is 5.92 Å². The maximum atomic E-state index is 10.6. The fourth-order valence-corrected chi connectivity index (χ4v) is 1.01. The van der Waals surface area contributed by atoms with Crippen LogP contribution in [0.1, 0.15) is 13.3 Å². The van der Waals surface area contributed by atoms with Crippen molar-refractivity contribution in [2.75, 3.05) is 0 Å². The molecule has 2 heteroatoms. The van der Waals surface area contributed by atoms with E-state index in [4.69, 9.17) is 11.6 Å². The lowest BCUT2D eigenvalue weighted by atomic mass is 9.99. The molecule has 0 spiro atoms. The zero-order chi connectivity index (χ0) is 7.56. The third-order valence-electron chi connectivity index (χ3n) is 1.54. The Labute approximate surface area is 65.4 Å². The van der Waals surface area contributed by atoms with Crippen molar-refractivity contribution < 1.29 is 4.79 Å². The molecule has 1 nitrogen and oxygen atoms in total. The zero-order valence-corrected chi connectivity index (χ0v) is 6.56. The Balaban J connectivity index is 2.67. The van der Waals surface area contributed by atoms with Crippen LogP contribution in [-0.4, -0.2) is 5.24 Å². The molecular weight excluding hydrogens is 148 g/mol. The third kappa shape index (κ3) is 1.71. The summed E-state index contributed by atoms with van der Waals surface area (Å²) in [5.74, 6) is 0.541. The number of carbonyl (C=O) groups excluding carboxylic acids is 1. The molecule has 0 saturated carbocycles. The van der Waals surface area contributed by atoms with Gasteiger partial charge in [-0.25, -0.2) is 0 Å². The number of carbonyl (C=O) groups is 1. The SMILES string of the molecule is CC1C=CC(C(=O)Cl)=CC1. The Morgan fingerprint density at radius 1 is 1.80 bits per heavy atom. The second-order valence-corrected chi connectivity index (χ2v) is 2.85. The largest absolute Gasteiger partial charge is 0.276 e.